The van der Waals surface area contributed by atoms with Crippen LogP contribution in [0.25, 0.3) is 0 Å². The van der Waals surface area contributed by atoms with E-state index in [0.717, 1.165) is 30.6 Å². The Morgan fingerprint density at radius 2 is 2.04 bits per heavy atom. The Balaban J connectivity index is 2.05. The SMILES string of the molecule is CCCCN(C)C(=O)c1ccc(Nc2ccc(Cl)cc2C)nn1. The molecule has 1 aromatic heterocycles. The second-order valence-corrected chi connectivity index (χ2v) is 5.90. The summed E-state index contributed by atoms with van der Waals surface area (Å²) in [7, 11) is 1.78. The zero-order valence-corrected chi connectivity index (χ0v) is 14.4. The fourth-order valence-corrected chi connectivity index (χ4v) is 2.34. The zero-order valence-electron chi connectivity index (χ0n) is 13.6. The molecule has 23 heavy (non-hydrogen) atoms. The summed E-state index contributed by atoms with van der Waals surface area (Å²) in [4.78, 5) is 13.9. The van der Waals surface area contributed by atoms with Crippen LogP contribution in [0.15, 0.2) is 30.3 Å². The van der Waals surface area contributed by atoms with E-state index in [1.54, 1.807) is 24.1 Å². The third kappa shape index (κ3) is 4.66. The van der Waals surface area contributed by atoms with Gasteiger partial charge in [-0.25, -0.2) is 0 Å². The first-order valence-corrected chi connectivity index (χ1v) is 8.01. The molecule has 0 spiro atoms. The highest BCUT2D eigenvalue weighted by Gasteiger charge is 2.13. The Kier molecular flexibility index (Phi) is 5.93. The topological polar surface area (TPSA) is 58.1 Å². The number of nitrogens with one attached hydrogen (secondary N) is 1. The van der Waals surface area contributed by atoms with Crippen molar-refractivity contribution < 1.29 is 4.79 Å². The lowest BCUT2D eigenvalue weighted by Crippen LogP contribution is -2.28. The van der Waals surface area contributed by atoms with Crippen LogP contribution >= 0.6 is 11.6 Å². The van der Waals surface area contributed by atoms with E-state index in [9.17, 15) is 4.79 Å². The van der Waals surface area contributed by atoms with Gasteiger partial charge in [-0.3, -0.25) is 4.79 Å². The zero-order chi connectivity index (χ0) is 16.8. The number of amides is 1. The standard InChI is InChI=1S/C17H21ClN4O/c1-4-5-10-22(3)17(23)15-8-9-16(21-20-15)19-14-7-6-13(18)11-12(14)2/h6-9,11H,4-5,10H2,1-3H3,(H,19,21). The molecule has 6 heteroatoms. The van der Waals surface area contributed by atoms with E-state index in [2.05, 4.69) is 22.4 Å². The maximum Gasteiger partial charge on any atom is 0.274 e. The van der Waals surface area contributed by atoms with Crippen molar-refractivity contribution in [2.24, 2.45) is 0 Å². The van der Waals surface area contributed by atoms with Crippen LogP contribution in [0.1, 0.15) is 35.8 Å². The molecule has 0 fully saturated rings. The van der Waals surface area contributed by atoms with E-state index in [1.165, 1.54) is 0 Å². The molecule has 122 valence electrons. The number of rotatable bonds is 6. The Labute approximate surface area is 141 Å². The largest absolute Gasteiger partial charge is 0.340 e. The van der Waals surface area contributed by atoms with Crippen LogP contribution in [0.5, 0.6) is 0 Å². The number of carbonyl (C=O) groups excluding carboxylic acids is 1. The van der Waals surface area contributed by atoms with Crippen molar-refractivity contribution in [3.8, 4) is 0 Å². The number of aromatic nitrogens is 2. The minimum absolute atomic E-state index is 0.111. The first-order valence-electron chi connectivity index (χ1n) is 7.63. The molecule has 0 bridgehead atoms. The maximum absolute atomic E-state index is 12.2. The molecule has 0 aliphatic carbocycles. The van der Waals surface area contributed by atoms with Gasteiger partial charge in [0.15, 0.2) is 11.5 Å². The monoisotopic (exact) mass is 332 g/mol. The number of nitrogens with zero attached hydrogens (tertiary/aromatic N) is 3. The molecule has 0 atom stereocenters. The molecule has 0 saturated heterocycles. The van der Waals surface area contributed by atoms with Crippen molar-refractivity contribution >= 4 is 29.0 Å². The molecule has 2 rings (SSSR count). The van der Waals surface area contributed by atoms with Gasteiger partial charge in [-0.1, -0.05) is 24.9 Å². The minimum Gasteiger partial charge on any atom is -0.340 e. The predicted molar refractivity (Wildman–Crippen MR) is 93.4 cm³/mol. The molecule has 1 heterocycles. The van der Waals surface area contributed by atoms with E-state index in [4.69, 9.17) is 11.6 Å². The van der Waals surface area contributed by atoms with Crippen LogP contribution in [0.4, 0.5) is 11.5 Å². The normalized spacial score (nSPS) is 10.4. The van der Waals surface area contributed by atoms with Crippen LogP contribution in [0.3, 0.4) is 0 Å². The molecule has 2 aromatic rings. The number of halogens is 1. The average Bonchev–Trinajstić information content (AvgIpc) is 2.55. The molecular weight excluding hydrogens is 312 g/mol. The van der Waals surface area contributed by atoms with Gasteiger partial charge >= 0.3 is 0 Å². The average molecular weight is 333 g/mol. The Hall–Kier alpha value is -2.14. The quantitative estimate of drug-likeness (QED) is 0.866. The van der Waals surface area contributed by atoms with Gasteiger partial charge in [-0.05, 0) is 49.2 Å². The predicted octanol–water partition coefficient (Wildman–Crippen LogP) is 4.05. The number of benzene rings is 1. The molecule has 1 aromatic carbocycles. The van der Waals surface area contributed by atoms with Gasteiger partial charge < -0.3 is 10.2 Å². The van der Waals surface area contributed by atoms with Crippen molar-refractivity contribution in [1.29, 1.82) is 0 Å². The van der Waals surface area contributed by atoms with Crippen molar-refractivity contribution in [3.05, 3.63) is 46.6 Å². The second kappa shape index (κ2) is 7.92. The summed E-state index contributed by atoms with van der Waals surface area (Å²) in [6, 6.07) is 9.01. The van der Waals surface area contributed by atoms with Gasteiger partial charge in [0.25, 0.3) is 5.91 Å². The number of anilines is 2. The third-order valence-electron chi connectivity index (χ3n) is 3.53. The fourth-order valence-electron chi connectivity index (χ4n) is 2.11. The Morgan fingerprint density at radius 3 is 2.65 bits per heavy atom. The first kappa shape index (κ1) is 17.2. The van der Waals surface area contributed by atoms with Crippen molar-refractivity contribution in [2.45, 2.75) is 26.7 Å². The lowest BCUT2D eigenvalue weighted by molar-refractivity contribution is 0.0786. The Morgan fingerprint density at radius 1 is 1.26 bits per heavy atom. The van der Waals surface area contributed by atoms with E-state index in [-0.39, 0.29) is 5.91 Å². The summed E-state index contributed by atoms with van der Waals surface area (Å²) < 4.78 is 0. The molecule has 1 amide bonds. The lowest BCUT2D eigenvalue weighted by atomic mass is 10.2. The van der Waals surface area contributed by atoms with Crippen LogP contribution < -0.4 is 5.32 Å². The second-order valence-electron chi connectivity index (χ2n) is 5.47. The maximum atomic E-state index is 12.2. The smallest absolute Gasteiger partial charge is 0.274 e. The summed E-state index contributed by atoms with van der Waals surface area (Å²) in [5.74, 6) is 0.475. The number of aryl methyl sites for hydroxylation is 1. The summed E-state index contributed by atoms with van der Waals surface area (Å²) in [6.07, 6.45) is 2.03. The number of hydrogen-bond donors (Lipinski definition) is 1. The van der Waals surface area contributed by atoms with Crippen molar-refractivity contribution in [3.63, 3.8) is 0 Å². The van der Waals surface area contributed by atoms with Gasteiger partial charge in [0, 0.05) is 24.3 Å². The van der Waals surface area contributed by atoms with Gasteiger partial charge in [-0.15, -0.1) is 10.2 Å². The molecule has 0 radical (unpaired) electrons. The van der Waals surface area contributed by atoms with Crippen LogP contribution in [0, 0.1) is 6.92 Å². The highest BCUT2D eigenvalue weighted by molar-refractivity contribution is 6.30. The van der Waals surface area contributed by atoms with E-state index in [1.807, 2.05) is 25.1 Å². The van der Waals surface area contributed by atoms with Gasteiger partial charge in [0.05, 0.1) is 0 Å². The van der Waals surface area contributed by atoms with Gasteiger partial charge in [0.2, 0.25) is 0 Å². The highest BCUT2D eigenvalue weighted by atomic mass is 35.5. The minimum atomic E-state index is -0.111. The summed E-state index contributed by atoms with van der Waals surface area (Å²) in [6.45, 7) is 4.78. The number of carbonyl (C=O) groups is 1. The highest BCUT2D eigenvalue weighted by Crippen LogP contribution is 2.22. The number of unbranched alkanes of at least 4 members (excludes halogenated alkanes) is 1. The molecule has 1 N–H and O–H groups in total. The summed E-state index contributed by atoms with van der Waals surface area (Å²) >= 11 is 5.94. The molecule has 5 nitrogen and oxygen atoms in total. The van der Waals surface area contributed by atoms with Crippen molar-refractivity contribution in [2.75, 3.05) is 18.9 Å². The number of hydrogen-bond acceptors (Lipinski definition) is 4. The molecular formula is C17H21ClN4O. The van der Waals surface area contributed by atoms with E-state index in [0.29, 0.717) is 16.5 Å². The fraction of sp³-hybridized carbons (Fsp3) is 0.353. The summed E-state index contributed by atoms with van der Waals surface area (Å²) in [5.41, 5.74) is 2.27. The van der Waals surface area contributed by atoms with E-state index < -0.39 is 0 Å². The lowest BCUT2D eigenvalue weighted by Gasteiger charge is -2.16. The van der Waals surface area contributed by atoms with Crippen LogP contribution in [-0.2, 0) is 0 Å². The third-order valence-corrected chi connectivity index (χ3v) is 3.76. The van der Waals surface area contributed by atoms with E-state index >= 15 is 0 Å². The van der Waals surface area contributed by atoms with Crippen molar-refractivity contribution in [1.82, 2.24) is 15.1 Å². The molecule has 0 aliphatic rings. The van der Waals surface area contributed by atoms with Gasteiger partial charge in [0.1, 0.15) is 0 Å². The molecule has 0 saturated carbocycles. The Bertz CT molecular complexity index is 673. The van der Waals surface area contributed by atoms with Gasteiger partial charge in [-0.2, -0.15) is 0 Å². The van der Waals surface area contributed by atoms with Crippen LogP contribution in [0.2, 0.25) is 5.02 Å². The first-order chi connectivity index (χ1) is 11.0. The molecule has 0 aliphatic heterocycles. The summed E-state index contributed by atoms with van der Waals surface area (Å²) in [5, 5.41) is 12.0. The van der Waals surface area contributed by atoms with Crippen LogP contribution in [-0.4, -0.2) is 34.6 Å². The molecule has 0 unspecified atom stereocenters.